The summed E-state index contributed by atoms with van der Waals surface area (Å²) >= 11 is 0. The second kappa shape index (κ2) is 6.58. The number of carbonyl (C=O) groups is 2. The number of carbonyl (C=O) groups excluding carboxylic acids is 1. The summed E-state index contributed by atoms with van der Waals surface area (Å²) in [6.07, 6.45) is 0.969. The fourth-order valence-corrected chi connectivity index (χ4v) is 2.14. The average Bonchev–Trinajstić information content (AvgIpc) is 2.26. The Kier molecular flexibility index (Phi) is 5.40. The lowest BCUT2D eigenvalue weighted by molar-refractivity contribution is -0.137. The molecule has 0 spiro atoms. The molecule has 18 heavy (non-hydrogen) atoms. The number of β-amino-alcohol motifs (C(OH)–C–C–N with tert-alkyl or cyclic N) is 1. The number of amides is 2. The van der Waals surface area contributed by atoms with Crippen LogP contribution in [0.2, 0.25) is 0 Å². The molecule has 1 heterocycles. The largest absolute Gasteiger partial charge is 0.480 e. The van der Waals surface area contributed by atoms with Crippen LogP contribution in [0.15, 0.2) is 0 Å². The average molecular weight is 258 g/mol. The molecule has 1 saturated heterocycles. The summed E-state index contributed by atoms with van der Waals surface area (Å²) in [5.74, 6) is -0.801. The van der Waals surface area contributed by atoms with Gasteiger partial charge in [0.15, 0.2) is 0 Å². The maximum Gasteiger partial charge on any atom is 0.323 e. The molecule has 1 aliphatic rings. The molecule has 1 unspecified atom stereocenters. The molecule has 0 aliphatic carbocycles. The zero-order valence-electron chi connectivity index (χ0n) is 11.0. The molecule has 0 aromatic rings. The molecule has 104 valence electrons. The van der Waals surface area contributed by atoms with Crippen molar-refractivity contribution in [3.8, 4) is 0 Å². The molecule has 0 radical (unpaired) electrons. The van der Waals surface area contributed by atoms with Gasteiger partial charge in [0.2, 0.25) is 0 Å². The Morgan fingerprint density at radius 2 is 2.11 bits per heavy atom. The van der Waals surface area contributed by atoms with E-state index in [9.17, 15) is 14.7 Å². The lowest BCUT2D eigenvalue weighted by Gasteiger charge is -2.34. The SMILES string of the molecule is CC(C)CN(CC(=O)O)C(=O)N1CCCC(O)C1. The molecule has 1 rings (SSSR count). The molecule has 1 aliphatic heterocycles. The quantitative estimate of drug-likeness (QED) is 0.774. The molecule has 2 amide bonds. The third-order valence-electron chi connectivity index (χ3n) is 2.85. The van der Waals surface area contributed by atoms with Crippen molar-refractivity contribution >= 4 is 12.0 Å². The van der Waals surface area contributed by atoms with Crippen LogP contribution in [-0.2, 0) is 4.79 Å². The van der Waals surface area contributed by atoms with Crippen LogP contribution >= 0.6 is 0 Å². The third kappa shape index (κ3) is 4.52. The van der Waals surface area contributed by atoms with Crippen molar-refractivity contribution in [2.45, 2.75) is 32.8 Å². The van der Waals surface area contributed by atoms with Crippen molar-refractivity contribution in [2.24, 2.45) is 5.92 Å². The van der Waals surface area contributed by atoms with E-state index in [0.717, 1.165) is 6.42 Å². The monoisotopic (exact) mass is 258 g/mol. The highest BCUT2D eigenvalue weighted by Crippen LogP contribution is 2.13. The molecule has 6 nitrogen and oxygen atoms in total. The molecule has 6 heteroatoms. The molecule has 1 atom stereocenters. The maximum absolute atomic E-state index is 12.2. The second-order valence-electron chi connectivity index (χ2n) is 5.19. The number of aliphatic hydroxyl groups is 1. The van der Waals surface area contributed by atoms with E-state index in [1.807, 2.05) is 13.8 Å². The Morgan fingerprint density at radius 3 is 2.61 bits per heavy atom. The van der Waals surface area contributed by atoms with Crippen LogP contribution in [0.3, 0.4) is 0 Å². The number of hydrogen-bond acceptors (Lipinski definition) is 3. The number of piperidine rings is 1. The smallest absolute Gasteiger partial charge is 0.323 e. The van der Waals surface area contributed by atoms with E-state index < -0.39 is 12.1 Å². The Morgan fingerprint density at radius 1 is 1.44 bits per heavy atom. The predicted octanol–water partition coefficient (Wildman–Crippen LogP) is 0.606. The van der Waals surface area contributed by atoms with Gasteiger partial charge in [-0.25, -0.2) is 4.79 Å². The number of rotatable bonds is 4. The number of hydrogen-bond donors (Lipinski definition) is 2. The summed E-state index contributed by atoms with van der Waals surface area (Å²) in [5.41, 5.74) is 0. The number of carboxylic acids is 1. The number of nitrogens with zero attached hydrogens (tertiary/aromatic N) is 2. The number of urea groups is 1. The van der Waals surface area contributed by atoms with Gasteiger partial charge in [-0.15, -0.1) is 0 Å². The standard InChI is InChI=1S/C12H22N2O4/c1-9(2)6-14(8-11(16)17)12(18)13-5-3-4-10(15)7-13/h9-10,15H,3-8H2,1-2H3,(H,16,17). The second-order valence-corrected chi connectivity index (χ2v) is 5.19. The summed E-state index contributed by atoms with van der Waals surface area (Å²) in [7, 11) is 0. The summed E-state index contributed by atoms with van der Waals surface area (Å²) in [5, 5.41) is 18.4. The van der Waals surface area contributed by atoms with Crippen LogP contribution < -0.4 is 0 Å². The van der Waals surface area contributed by atoms with Crippen molar-refractivity contribution < 1.29 is 19.8 Å². The molecule has 0 bridgehead atoms. The van der Waals surface area contributed by atoms with E-state index in [-0.39, 0.29) is 18.5 Å². The summed E-state index contributed by atoms with van der Waals surface area (Å²) in [4.78, 5) is 25.9. The van der Waals surface area contributed by atoms with E-state index in [2.05, 4.69) is 0 Å². The maximum atomic E-state index is 12.2. The topological polar surface area (TPSA) is 81.1 Å². The first-order valence-electron chi connectivity index (χ1n) is 6.34. The van der Waals surface area contributed by atoms with Gasteiger partial charge >= 0.3 is 12.0 Å². The van der Waals surface area contributed by atoms with Crippen LogP contribution in [0.25, 0.3) is 0 Å². The first kappa shape index (κ1) is 14.8. The first-order chi connectivity index (χ1) is 8.40. The fraction of sp³-hybridized carbons (Fsp3) is 0.833. The molecule has 1 fully saturated rings. The highest BCUT2D eigenvalue weighted by atomic mass is 16.4. The Bertz CT molecular complexity index is 306. The number of likely N-dealkylation sites (tertiary alicyclic amines) is 1. The Hall–Kier alpha value is -1.30. The number of aliphatic carboxylic acids is 1. The minimum atomic E-state index is -1.01. The van der Waals surface area contributed by atoms with Crippen LogP contribution in [0.5, 0.6) is 0 Å². The third-order valence-corrected chi connectivity index (χ3v) is 2.85. The Balaban J connectivity index is 2.64. The first-order valence-corrected chi connectivity index (χ1v) is 6.34. The molecule has 2 N–H and O–H groups in total. The van der Waals surface area contributed by atoms with Gasteiger partial charge in [-0.3, -0.25) is 4.79 Å². The van der Waals surface area contributed by atoms with Crippen molar-refractivity contribution in [2.75, 3.05) is 26.2 Å². The fourth-order valence-electron chi connectivity index (χ4n) is 2.14. The van der Waals surface area contributed by atoms with E-state index in [1.54, 1.807) is 4.90 Å². The van der Waals surface area contributed by atoms with E-state index >= 15 is 0 Å². The highest BCUT2D eigenvalue weighted by Gasteiger charge is 2.27. The zero-order chi connectivity index (χ0) is 13.7. The normalized spacial score (nSPS) is 20.0. The lowest BCUT2D eigenvalue weighted by atomic mass is 10.1. The van der Waals surface area contributed by atoms with Gasteiger partial charge in [0.25, 0.3) is 0 Å². The predicted molar refractivity (Wildman–Crippen MR) is 66.3 cm³/mol. The van der Waals surface area contributed by atoms with E-state index in [1.165, 1.54) is 4.90 Å². The van der Waals surface area contributed by atoms with Crippen LogP contribution in [-0.4, -0.2) is 64.3 Å². The highest BCUT2D eigenvalue weighted by molar-refractivity contribution is 5.80. The minimum absolute atomic E-state index is 0.211. The summed E-state index contributed by atoms with van der Waals surface area (Å²) in [6.45, 7) is 4.89. The summed E-state index contributed by atoms with van der Waals surface area (Å²) in [6, 6.07) is -0.287. The minimum Gasteiger partial charge on any atom is -0.480 e. The van der Waals surface area contributed by atoms with Crippen molar-refractivity contribution in [1.82, 2.24) is 9.80 Å². The number of carboxylic acid groups (broad SMARTS) is 1. The van der Waals surface area contributed by atoms with Gasteiger partial charge in [-0.05, 0) is 18.8 Å². The van der Waals surface area contributed by atoms with Gasteiger partial charge < -0.3 is 20.0 Å². The molecular weight excluding hydrogens is 236 g/mol. The van der Waals surface area contributed by atoms with Crippen molar-refractivity contribution in [3.63, 3.8) is 0 Å². The number of aliphatic hydroxyl groups excluding tert-OH is 1. The van der Waals surface area contributed by atoms with E-state index in [4.69, 9.17) is 5.11 Å². The lowest BCUT2D eigenvalue weighted by Crippen LogP contribution is -2.51. The van der Waals surface area contributed by atoms with Gasteiger partial charge in [0, 0.05) is 19.6 Å². The van der Waals surface area contributed by atoms with Crippen LogP contribution in [0.1, 0.15) is 26.7 Å². The molecule has 0 aromatic carbocycles. The van der Waals surface area contributed by atoms with Crippen molar-refractivity contribution in [3.05, 3.63) is 0 Å². The van der Waals surface area contributed by atoms with Gasteiger partial charge in [0.1, 0.15) is 6.54 Å². The Labute approximate surface area is 107 Å². The van der Waals surface area contributed by atoms with Gasteiger partial charge in [-0.2, -0.15) is 0 Å². The van der Waals surface area contributed by atoms with Gasteiger partial charge in [-0.1, -0.05) is 13.8 Å². The zero-order valence-corrected chi connectivity index (χ0v) is 11.0. The molecular formula is C12H22N2O4. The summed E-state index contributed by atoms with van der Waals surface area (Å²) < 4.78 is 0. The van der Waals surface area contributed by atoms with Crippen LogP contribution in [0, 0.1) is 5.92 Å². The van der Waals surface area contributed by atoms with Gasteiger partial charge in [0.05, 0.1) is 6.10 Å². The molecule has 0 saturated carbocycles. The molecule has 0 aromatic heterocycles. The van der Waals surface area contributed by atoms with E-state index in [0.29, 0.717) is 26.1 Å². The van der Waals surface area contributed by atoms with Crippen molar-refractivity contribution in [1.29, 1.82) is 0 Å². The van der Waals surface area contributed by atoms with Crippen LogP contribution in [0.4, 0.5) is 4.79 Å².